The van der Waals surface area contributed by atoms with Crippen molar-refractivity contribution in [2.45, 2.75) is 52.4 Å². The van der Waals surface area contributed by atoms with Gasteiger partial charge in [-0.05, 0) is 12.3 Å². The molecule has 1 saturated carbocycles. The maximum Gasteiger partial charge on any atom is 0.0933 e. The fraction of sp³-hybridized carbons (Fsp3) is 1.00. The number of hydrogen-bond donors (Lipinski definition) is 1. The third-order valence-electron chi connectivity index (χ3n) is 4.29. The van der Waals surface area contributed by atoms with Crippen LogP contribution in [0.4, 0.5) is 0 Å². The van der Waals surface area contributed by atoms with Gasteiger partial charge in [-0.1, -0.05) is 27.7 Å². The molecule has 0 bridgehead atoms. The van der Waals surface area contributed by atoms with Gasteiger partial charge in [-0.25, -0.2) is 0 Å². The van der Waals surface area contributed by atoms with Gasteiger partial charge in [-0.3, -0.25) is 0 Å². The predicted molar refractivity (Wildman–Crippen MR) is 75.3 cm³/mol. The van der Waals surface area contributed by atoms with E-state index in [9.17, 15) is 0 Å². The summed E-state index contributed by atoms with van der Waals surface area (Å²) in [5.41, 5.74) is 0.213. The molecule has 2 aliphatic rings. The Morgan fingerprint density at radius 3 is 2.68 bits per heavy atom. The van der Waals surface area contributed by atoms with E-state index in [1.165, 1.54) is 0 Å². The topological polar surface area (TPSA) is 39.7 Å². The SMILES string of the molecule is CC(C)COC1CC(NCC2COCCO2)C1(C)C. The molecule has 2 rings (SSSR count). The predicted octanol–water partition coefficient (Wildman–Crippen LogP) is 1.83. The first-order chi connectivity index (χ1) is 9.00. The summed E-state index contributed by atoms with van der Waals surface area (Å²) in [5, 5.41) is 3.61. The summed E-state index contributed by atoms with van der Waals surface area (Å²) in [4.78, 5) is 0. The maximum absolute atomic E-state index is 5.98. The number of ether oxygens (including phenoxy) is 3. The van der Waals surface area contributed by atoms with Crippen LogP contribution in [-0.4, -0.2) is 51.2 Å². The minimum absolute atomic E-state index is 0.209. The molecule has 4 heteroatoms. The summed E-state index contributed by atoms with van der Waals surface area (Å²) in [7, 11) is 0. The van der Waals surface area contributed by atoms with Gasteiger partial charge in [-0.15, -0.1) is 0 Å². The van der Waals surface area contributed by atoms with E-state index in [1.807, 2.05) is 0 Å². The molecule has 0 spiro atoms. The van der Waals surface area contributed by atoms with Gasteiger partial charge >= 0.3 is 0 Å². The van der Waals surface area contributed by atoms with Crippen LogP contribution >= 0.6 is 0 Å². The Morgan fingerprint density at radius 1 is 1.32 bits per heavy atom. The van der Waals surface area contributed by atoms with E-state index in [0.717, 1.165) is 32.8 Å². The van der Waals surface area contributed by atoms with Crippen LogP contribution in [0.25, 0.3) is 0 Å². The average Bonchev–Trinajstić information content (AvgIpc) is 2.37. The van der Waals surface area contributed by atoms with Crippen LogP contribution in [0.2, 0.25) is 0 Å². The quantitative estimate of drug-likeness (QED) is 0.800. The highest BCUT2D eigenvalue weighted by Crippen LogP contribution is 2.42. The van der Waals surface area contributed by atoms with E-state index in [4.69, 9.17) is 14.2 Å². The zero-order valence-corrected chi connectivity index (χ0v) is 12.8. The van der Waals surface area contributed by atoms with Crippen molar-refractivity contribution in [3.63, 3.8) is 0 Å². The molecular weight excluding hydrogens is 242 g/mol. The normalized spacial score (nSPS) is 34.3. The second-order valence-electron chi connectivity index (χ2n) is 6.80. The molecule has 3 atom stereocenters. The van der Waals surface area contributed by atoms with Crippen LogP contribution in [0.3, 0.4) is 0 Å². The summed E-state index contributed by atoms with van der Waals surface area (Å²) in [6, 6.07) is 0.523. The lowest BCUT2D eigenvalue weighted by atomic mass is 9.64. The molecule has 4 nitrogen and oxygen atoms in total. The molecule has 0 radical (unpaired) electrons. The van der Waals surface area contributed by atoms with E-state index >= 15 is 0 Å². The van der Waals surface area contributed by atoms with Crippen molar-refractivity contribution in [3.8, 4) is 0 Å². The van der Waals surface area contributed by atoms with Crippen LogP contribution in [0.1, 0.15) is 34.1 Å². The third-order valence-corrected chi connectivity index (χ3v) is 4.29. The fourth-order valence-corrected chi connectivity index (χ4v) is 2.75. The lowest BCUT2D eigenvalue weighted by Gasteiger charge is -2.52. The number of nitrogens with one attached hydrogen (secondary N) is 1. The van der Waals surface area contributed by atoms with E-state index in [2.05, 4.69) is 33.0 Å². The van der Waals surface area contributed by atoms with Crippen LogP contribution in [0.5, 0.6) is 0 Å². The van der Waals surface area contributed by atoms with Gasteiger partial charge in [0.15, 0.2) is 0 Å². The van der Waals surface area contributed by atoms with Crippen molar-refractivity contribution < 1.29 is 14.2 Å². The molecule has 0 aromatic carbocycles. The highest BCUT2D eigenvalue weighted by molar-refractivity contribution is 5.03. The van der Waals surface area contributed by atoms with Gasteiger partial charge in [0, 0.05) is 24.6 Å². The minimum atomic E-state index is 0.209. The molecule has 1 aliphatic heterocycles. The van der Waals surface area contributed by atoms with E-state index in [0.29, 0.717) is 24.7 Å². The second kappa shape index (κ2) is 6.53. The zero-order chi connectivity index (χ0) is 13.9. The second-order valence-corrected chi connectivity index (χ2v) is 6.80. The monoisotopic (exact) mass is 271 g/mol. The first kappa shape index (κ1) is 15.2. The van der Waals surface area contributed by atoms with Gasteiger partial charge in [0.1, 0.15) is 0 Å². The van der Waals surface area contributed by atoms with Crippen molar-refractivity contribution in [2.75, 3.05) is 33.0 Å². The highest BCUT2D eigenvalue weighted by Gasteiger charge is 2.48. The molecule has 112 valence electrons. The van der Waals surface area contributed by atoms with Gasteiger partial charge < -0.3 is 19.5 Å². The van der Waals surface area contributed by atoms with Crippen LogP contribution in [0.15, 0.2) is 0 Å². The molecule has 0 amide bonds. The van der Waals surface area contributed by atoms with Crippen molar-refractivity contribution in [3.05, 3.63) is 0 Å². The van der Waals surface area contributed by atoms with Gasteiger partial charge in [0.05, 0.1) is 32.0 Å². The Labute approximate surface area is 117 Å². The third kappa shape index (κ3) is 3.91. The Kier molecular flexibility index (Phi) is 5.23. The molecule has 0 aromatic rings. The lowest BCUT2D eigenvalue weighted by molar-refractivity contribution is -0.131. The molecule has 3 unspecified atom stereocenters. The van der Waals surface area contributed by atoms with E-state index < -0.39 is 0 Å². The van der Waals surface area contributed by atoms with Crippen molar-refractivity contribution in [1.29, 1.82) is 0 Å². The lowest BCUT2D eigenvalue weighted by Crippen LogP contribution is -2.62. The summed E-state index contributed by atoms with van der Waals surface area (Å²) in [5.74, 6) is 0.607. The number of hydrogen-bond acceptors (Lipinski definition) is 4. The minimum Gasteiger partial charge on any atom is -0.377 e. The molecule has 19 heavy (non-hydrogen) atoms. The Balaban J connectivity index is 1.68. The summed E-state index contributed by atoms with van der Waals surface area (Å²) in [6.45, 7) is 12.9. The van der Waals surface area contributed by atoms with E-state index in [-0.39, 0.29) is 11.5 Å². The highest BCUT2D eigenvalue weighted by atomic mass is 16.6. The van der Waals surface area contributed by atoms with Gasteiger partial charge in [0.25, 0.3) is 0 Å². The Bertz CT molecular complexity index is 275. The van der Waals surface area contributed by atoms with Crippen LogP contribution in [-0.2, 0) is 14.2 Å². The molecule has 1 aliphatic carbocycles. The molecular formula is C15H29NO3. The van der Waals surface area contributed by atoms with Crippen LogP contribution in [0, 0.1) is 11.3 Å². The van der Waals surface area contributed by atoms with Crippen molar-refractivity contribution in [1.82, 2.24) is 5.32 Å². The van der Waals surface area contributed by atoms with Crippen LogP contribution < -0.4 is 5.32 Å². The zero-order valence-electron chi connectivity index (χ0n) is 12.8. The summed E-state index contributed by atoms with van der Waals surface area (Å²) < 4.78 is 17.0. The van der Waals surface area contributed by atoms with Gasteiger partial charge in [-0.2, -0.15) is 0 Å². The molecule has 2 fully saturated rings. The van der Waals surface area contributed by atoms with Crippen molar-refractivity contribution >= 4 is 0 Å². The molecule has 1 heterocycles. The molecule has 1 N–H and O–H groups in total. The largest absolute Gasteiger partial charge is 0.377 e. The molecule has 1 saturated heterocycles. The van der Waals surface area contributed by atoms with Crippen molar-refractivity contribution in [2.24, 2.45) is 11.3 Å². The van der Waals surface area contributed by atoms with Gasteiger partial charge in [0.2, 0.25) is 0 Å². The van der Waals surface area contributed by atoms with E-state index in [1.54, 1.807) is 0 Å². The maximum atomic E-state index is 5.98. The average molecular weight is 271 g/mol. The smallest absolute Gasteiger partial charge is 0.0933 e. The Hall–Kier alpha value is -0.160. The Morgan fingerprint density at radius 2 is 2.11 bits per heavy atom. The molecule has 0 aromatic heterocycles. The summed E-state index contributed by atoms with van der Waals surface area (Å²) in [6.07, 6.45) is 1.70. The first-order valence-electron chi connectivity index (χ1n) is 7.54. The number of rotatable bonds is 6. The first-order valence-corrected chi connectivity index (χ1v) is 7.54. The summed E-state index contributed by atoms with van der Waals surface area (Å²) >= 11 is 0. The fourth-order valence-electron chi connectivity index (χ4n) is 2.75. The standard InChI is InChI=1S/C15H29NO3/c1-11(2)9-19-14-7-13(15(14,3)4)16-8-12-10-17-5-6-18-12/h11-14,16H,5-10H2,1-4H3.